The van der Waals surface area contributed by atoms with Crippen molar-refractivity contribution in [1.82, 2.24) is 15.2 Å². The monoisotopic (exact) mass is 267 g/mol. The van der Waals surface area contributed by atoms with Crippen LogP contribution in [0.5, 0.6) is 0 Å². The summed E-state index contributed by atoms with van der Waals surface area (Å²) in [4.78, 5) is 6.89. The molecule has 0 radical (unpaired) electrons. The van der Waals surface area contributed by atoms with Crippen molar-refractivity contribution in [3.05, 3.63) is 28.5 Å². The zero-order valence-corrected chi connectivity index (χ0v) is 10.1. The highest BCUT2D eigenvalue weighted by atomic mass is 79.9. The molecule has 4 heteroatoms. The number of halogens is 1. The molecule has 3 saturated heterocycles. The second-order valence-electron chi connectivity index (χ2n) is 4.46. The van der Waals surface area contributed by atoms with Crippen LogP contribution < -0.4 is 5.32 Å². The first-order valence-corrected chi connectivity index (χ1v) is 6.18. The number of piperidine rings is 1. The fourth-order valence-corrected chi connectivity index (χ4v) is 2.70. The molecule has 2 bridgehead atoms. The van der Waals surface area contributed by atoms with Gasteiger partial charge in [-0.25, -0.2) is 0 Å². The van der Waals surface area contributed by atoms with Crippen molar-refractivity contribution >= 4 is 15.9 Å². The molecule has 3 aliphatic heterocycles. The maximum absolute atomic E-state index is 4.40. The van der Waals surface area contributed by atoms with Gasteiger partial charge in [-0.15, -0.1) is 0 Å². The Kier molecular flexibility index (Phi) is 2.50. The Hall–Kier alpha value is -0.450. The van der Waals surface area contributed by atoms with Gasteiger partial charge in [0.05, 0.1) is 5.69 Å². The second-order valence-corrected chi connectivity index (χ2v) is 5.37. The van der Waals surface area contributed by atoms with Crippen LogP contribution in [0.1, 0.15) is 12.1 Å². The van der Waals surface area contributed by atoms with Crippen LogP contribution in [-0.2, 0) is 6.54 Å². The number of rotatable bonds is 2. The summed E-state index contributed by atoms with van der Waals surface area (Å²) < 4.78 is 1.05. The average molecular weight is 268 g/mol. The smallest absolute Gasteiger partial charge is 0.0544 e. The number of fused-ring (bicyclic) bond motifs is 2. The highest BCUT2D eigenvalue weighted by molar-refractivity contribution is 9.10. The lowest BCUT2D eigenvalue weighted by Crippen LogP contribution is -2.66. The van der Waals surface area contributed by atoms with Crippen LogP contribution in [0.2, 0.25) is 0 Å². The van der Waals surface area contributed by atoms with Gasteiger partial charge in [-0.3, -0.25) is 9.88 Å². The SMILES string of the molecule is Brc1ccc(CN2CC3CC(C2)N3)nc1. The Labute approximate surface area is 98.0 Å². The van der Waals surface area contributed by atoms with Crippen LogP contribution in [0.4, 0.5) is 0 Å². The van der Waals surface area contributed by atoms with Crippen molar-refractivity contribution < 1.29 is 0 Å². The number of nitrogens with one attached hydrogen (secondary N) is 1. The van der Waals surface area contributed by atoms with Crippen LogP contribution in [0.25, 0.3) is 0 Å². The molecule has 0 amide bonds. The summed E-state index contributed by atoms with van der Waals surface area (Å²) in [5.41, 5.74) is 1.17. The van der Waals surface area contributed by atoms with Crippen molar-refractivity contribution in [2.75, 3.05) is 13.1 Å². The first kappa shape index (κ1) is 9.75. The maximum Gasteiger partial charge on any atom is 0.0544 e. The van der Waals surface area contributed by atoms with Crippen molar-refractivity contribution in [2.24, 2.45) is 0 Å². The van der Waals surface area contributed by atoms with Crippen molar-refractivity contribution in [3.8, 4) is 0 Å². The van der Waals surface area contributed by atoms with E-state index in [2.05, 4.69) is 43.3 Å². The molecule has 2 unspecified atom stereocenters. The zero-order valence-electron chi connectivity index (χ0n) is 8.49. The van der Waals surface area contributed by atoms with Crippen molar-refractivity contribution in [2.45, 2.75) is 25.0 Å². The summed E-state index contributed by atoms with van der Waals surface area (Å²) >= 11 is 3.40. The topological polar surface area (TPSA) is 28.2 Å². The van der Waals surface area contributed by atoms with Crippen molar-refractivity contribution in [3.63, 3.8) is 0 Å². The Bertz CT molecular complexity index is 335. The number of hydrogen-bond acceptors (Lipinski definition) is 3. The fourth-order valence-electron chi connectivity index (χ4n) is 2.46. The zero-order chi connectivity index (χ0) is 10.3. The minimum absolute atomic E-state index is 0.735. The molecule has 15 heavy (non-hydrogen) atoms. The lowest BCUT2D eigenvalue weighted by Gasteiger charge is -2.48. The van der Waals surface area contributed by atoms with Crippen LogP contribution in [-0.4, -0.2) is 35.1 Å². The van der Waals surface area contributed by atoms with E-state index in [4.69, 9.17) is 0 Å². The Morgan fingerprint density at radius 1 is 1.40 bits per heavy atom. The molecule has 4 heterocycles. The summed E-state index contributed by atoms with van der Waals surface area (Å²) in [5, 5.41) is 3.53. The molecular weight excluding hydrogens is 254 g/mol. The lowest BCUT2D eigenvalue weighted by atomic mass is 9.91. The number of aromatic nitrogens is 1. The average Bonchev–Trinajstić information content (AvgIpc) is 2.21. The standard InChI is InChI=1S/C11H14BrN3/c12-8-1-2-9(13-4-8)5-15-6-10-3-11(7-15)14-10/h1-2,4,10-11,14H,3,5-7H2. The van der Waals surface area contributed by atoms with Crippen LogP contribution in [0.3, 0.4) is 0 Å². The van der Waals surface area contributed by atoms with E-state index in [1.807, 2.05) is 6.20 Å². The maximum atomic E-state index is 4.40. The molecule has 1 aromatic heterocycles. The van der Waals surface area contributed by atoms with Gasteiger partial charge in [0.25, 0.3) is 0 Å². The van der Waals surface area contributed by atoms with Gasteiger partial charge >= 0.3 is 0 Å². The first-order valence-electron chi connectivity index (χ1n) is 5.38. The van der Waals surface area contributed by atoms with E-state index < -0.39 is 0 Å². The van der Waals surface area contributed by atoms with Crippen molar-refractivity contribution in [1.29, 1.82) is 0 Å². The van der Waals surface area contributed by atoms with E-state index in [-0.39, 0.29) is 0 Å². The summed E-state index contributed by atoms with van der Waals surface area (Å²) in [6.45, 7) is 3.34. The van der Waals surface area contributed by atoms with Gasteiger partial charge < -0.3 is 5.32 Å². The number of nitrogens with zero attached hydrogens (tertiary/aromatic N) is 2. The molecule has 3 aliphatic rings. The Balaban J connectivity index is 1.63. The van der Waals surface area contributed by atoms with E-state index in [1.165, 1.54) is 25.2 Å². The normalized spacial score (nSPS) is 29.9. The van der Waals surface area contributed by atoms with Gasteiger partial charge in [-0.1, -0.05) is 0 Å². The molecule has 1 aromatic rings. The molecule has 3 fully saturated rings. The van der Waals surface area contributed by atoms with Gasteiger partial charge in [0, 0.05) is 42.4 Å². The third-order valence-electron chi connectivity index (χ3n) is 3.17. The van der Waals surface area contributed by atoms with Crippen LogP contribution in [0.15, 0.2) is 22.8 Å². The van der Waals surface area contributed by atoms with E-state index in [9.17, 15) is 0 Å². The lowest BCUT2D eigenvalue weighted by molar-refractivity contribution is 0.0717. The predicted octanol–water partition coefficient (Wildman–Crippen LogP) is 1.39. The van der Waals surface area contributed by atoms with Gasteiger partial charge in [0.15, 0.2) is 0 Å². The van der Waals surface area contributed by atoms with Crippen LogP contribution >= 0.6 is 15.9 Å². The molecule has 0 spiro atoms. The molecule has 2 atom stereocenters. The highest BCUT2D eigenvalue weighted by Gasteiger charge is 2.36. The predicted molar refractivity (Wildman–Crippen MR) is 62.5 cm³/mol. The molecule has 4 rings (SSSR count). The van der Waals surface area contributed by atoms with Gasteiger partial charge in [-0.05, 0) is 34.5 Å². The minimum Gasteiger partial charge on any atom is -0.309 e. The number of piperazine rings is 1. The van der Waals surface area contributed by atoms with Gasteiger partial charge in [0.2, 0.25) is 0 Å². The fraction of sp³-hybridized carbons (Fsp3) is 0.545. The summed E-state index contributed by atoms with van der Waals surface area (Å²) in [5.74, 6) is 0. The molecule has 1 N–H and O–H groups in total. The summed E-state index contributed by atoms with van der Waals surface area (Å²) in [6, 6.07) is 5.63. The number of hydrogen-bond donors (Lipinski definition) is 1. The third kappa shape index (κ3) is 2.07. The Morgan fingerprint density at radius 2 is 2.13 bits per heavy atom. The third-order valence-corrected chi connectivity index (χ3v) is 3.64. The quantitative estimate of drug-likeness (QED) is 0.878. The second kappa shape index (κ2) is 3.85. The molecular formula is C11H14BrN3. The minimum atomic E-state index is 0.735. The first-order chi connectivity index (χ1) is 7.29. The molecule has 0 aromatic carbocycles. The Morgan fingerprint density at radius 3 is 2.73 bits per heavy atom. The van der Waals surface area contributed by atoms with E-state index in [1.54, 1.807) is 0 Å². The largest absolute Gasteiger partial charge is 0.309 e. The molecule has 0 saturated carbocycles. The molecule has 3 nitrogen and oxygen atoms in total. The van der Waals surface area contributed by atoms with Gasteiger partial charge in [-0.2, -0.15) is 0 Å². The highest BCUT2D eigenvalue weighted by Crippen LogP contribution is 2.22. The van der Waals surface area contributed by atoms with E-state index in [0.717, 1.165) is 23.1 Å². The summed E-state index contributed by atoms with van der Waals surface area (Å²) in [6.07, 6.45) is 3.24. The molecule has 80 valence electrons. The van der Waals surface area contributed by atoms with Gasteiger partial charge in [0.1, 0.15) is 0 Å². The van der Waals surface area contributed by atoms with E-state index >= 15 is 0 Å². The summed E-state index contributed by atoms with van der Waals surface area (Å²) in [7, 11) is 0. The number of pyridine rings is 1. The van der Waals surface area contributed by atoms with Crippen LogP contribution in [0, 0.1) is 0 Å². The molecule has 0 aliphatic carbocycles. The van der Waals surface area contributed by atoms with E-state index in [0.29, 0.717) is 0 Å².